The Morgan fingerprint density at radius 2 is 2.04 bits per heavy atom. The Bertz CT molecular complexity index is 886. The molecule has 25 heavy (non-hydrogen) atoms. The van der Waals surface area contributed by atoms with Gasteiger partial charge in [0.05, 0.1) is 4.90 Å². The average Bonchev–Trinajstić information content (AvgIpc) is 3.13. The zero-order chi connectivity index (χ0) is 17.4. The summed E-state index contributed by atoms with van der Waals surface area (Å²) in [6.45, 7) is 2.63. The Balaban J connectivity index is 1.54. The monoisotopic (exact) mass is 378 g/mol. The first kappa shape index (κ1) is 16.9. The standard InChI is InChI=1S/C17H19ClN4O2S/c18-14-1-3-15(4-2-14)25(23,24)22-8-6-12(11-22)17-20-10-13-9-19-7-5-16(13)21-17/h1-4,10,12,19H,5-9,11H2. The predicted molar refractivity (Wildman–Crippen MR) is 95.0 cm³/mol. The number of fused-ring (bicyclic) bond motifs is 1. The molecule has 0 bridgehead atoms. The van der Waals surface area contributed by atoms with Crippen molar-refractivity contribution in [1.29, 1.82) is 0 Å². The van der Waals surface area contributed by atoms with Gasteiger partial charge in [-0.2, -0.15) is 4.31 Å². The van der Waals surface area contributed by atoms with Gasteiger partial charge in [0.1, 0.15) is 5.82 Å². The van der Waals surface area contributed by atoms with Gasteiger partial charge in [0.2, 0.25) is 10.0 Å². The van der Waals surface area contributed by atoms with Crippen molar-refractivity contribution in [1.82, 2.24) is 19.6 Å². The van der Waals surface area contributed by atoms with E-state index in [2.05, 4.69) is 10.3 Å². The van der Waals surface area contributed by atoms with Gasteiger partial charge in [-0.1, -0.05) is 11.6 Å². The molecule has 0 aliphatic carbocycles. The molecule has 1 aromatic carbocycles. The third-order valence-electron chi connectivity index (χ3n) is 4.79. The summed E-state index contributed by atoms with van der Waals surface area (Å²) in [6.07, 6.45) is 3.51. The molecular formula is C17H19ClN4O2S. The number of nitrogens with zero attached hydrogens (tertiary/aromatic N) is 3. The van der Waals surface area contributed by atoms with E-state index in [1.807, 2.05) is 6.20 Å². The third kappa shape index (κ3) is 3.29. The van der Waals surface area contributed by atoms with E-state index in [4.69, 9.17) is 16.6 Å². The van der Waals surface area contributed by atoms with Crippen molar-refractivity contribution in [3.8, 4) is 0 Å². The van der Waals surface area contributed by atoms with E-state index in [0.717, 1.165) is 43.0 Å². The zero-order valence-corrected chi connectivity index (χ0v) is 15.2. The number of sulfonamides is 1. The van der Waals surface area contributed by atoms with Crippen LogP contribution in [0.15, 0.2) is 35.4 Å². The number of hydrogen-bond acceptors (Lipinski definition) is 5. The van der Waals surface area contributed by atoms with E-state index in [9.17, 15) is 8.42 Å². The van der Waals surface area contributed by atoms with Gasteiger partial charge >= 0.3 is 0 Å². The van der Waals surface area contributed by atoms with Crippen molar-refractivity contribution in [3.05, 3.63) is 52.6 Å². The summed E-state index contributed by atoms with van der Waals surface area (Å²) in [5, 5.41) is 3.83. The van der Waals surface area contributed by atoms with Gasteiger partial charge in [-0.3, -0.25) is 0 Å². The van der Waals surface area contributed by atoms with Gasteiger partial charge in [-0.15, -0.1) is 0 Å². The van der Waals surface area contributed by atoms with Crippen LogP contribution in [0.2, 0.25) is 5.02 Å². The molecule has 0 radical (unpaired) electrons. The molecule has 2 aliphatic rings. The quantitative estimate of drug-likeness (QED) is 0.883. The van der Waals surface area contributed by atoms with Crippen LogP contribution < -0.4 is 5.32 Å². The summed E-state index contributed by atoms with van der Waals surface area (Å²) in [6, 6.07) is 6.30. The fourth-order valence-electron chi connectivity index (χ4n) is 3.36. The maximum Gasteiger partial charge on any atom is 0.243 e. The van der Waals surface area contributed by atoms with Crippen LogP contribution in [-0.2, 0) is 23.0 Å². The molecular weight excluding hydrogens is 360 g/mol. The minimum Gasteiger partial charge on any atom is -0.312 e. The second kappa shape index (κ2) is 6.64. The molecule has 1 aromatic heterocycles. The number of benzene rings is 1. The number of nitrogens with one attached hydrogen (secondary N) is 1. The minimum atomic E-state index is -3.50. The maximum atomic E-state index is 12.8. The van der Waals surface area contributed by atoms with Crippen molar-refractivity contribution in [3.63, 3.8) is 0 Å². The van der Waals surface area contributed by atoms with Crippen molar-refractivity contribution in [2.45, 2.75) is 30.2 Å². The van der Waals surface area contributed by atoms with Gasteiger partial charge in [0.25, 0.3) is 0 Å². The van der Waals surface area contributed by atoms with Crippen LogP contribution in [0.4, 0.5) is 0 Å². The van der Waals surface area contributed by atoms with Crippen LogP contribution >= 0.6 is 11.6 Å². The highest BCUT2D eigenvalue weighted by Crippen LogP contribution is 2.30. The van der Waals surface area contributed by atoms with E-state index in [-0.39, 0.29) is 10.8 Å². The average molecular weight is 379 g/mol. The minimum absolute atomic E-state index is 0.0438. The van der Waals surface area contributed by atoms with E-state index in [0.29, 0.717) is 18.1 Å². The normalized spacial score (nSPS) is 21.2. The Morgan fingerprint density at radius 1 is 1.24 bits per heavy atom. The van der Waals surface area contributed by atoms with Gasteiger partial charge < -0.3 is 5.32 Å². The van der Waals surface area contributed by atoms with Crippen LogP contribution in [0.25, 0.3) is 0 Å². The molecule has 1 N–H and O–H groups in total. The summed E-state index contributed by atoms with van der Waals surface area (Å²) in [4.78, 5) is 9.46. The number of hydrogen-bond donors (Lipinski definition) is 1. The van der Waals surface area contributed by atoms with Crippen molar-refractivity contribution in [2.75, 3.05) is 19.6 Å². The molecule has 6 nitrogen and oxygen atoms in total. The summed E-state index contributed by atoms with van der Waals surface area (Å²) in [7, 11) is -3.50. The Kier molecular flexibility index (Phi) is 4.49. The molecule has 1 fully saturated rings. The SMILES string of the molecule is O=S(=O)(c1ccc(Cl)cc1)N1CCC(c2ncc3c(n2)CCNC3)C1. The number of aromatic nitrogens is 2. The van der Waals surface area contributed by atoms with Gasteiger partial charge in [0, 0.05) is 61.0 Å². The highest BCUT2D eigenvalue weighted by atomic mass is 35.5. The predicted octanol–water partition coefficient (Wildman–Crippen LogP) is 1.95. The number of halogens is 1. The zero-order valence-electron chi connectivity index (χ0n) is 13.7. The van der Waals surface area contributed by atoms with E-state index < -0.39 is 10.0 Å². The molecule has 0 spiro atoms. The highest BCUT2D eigenvalue weighted by molar-refractivity contribution is 7.89. The first-order chi connectivity index (χ1) is 12.0. The largest absolute Gasteiger partial charge is 0.312 e. The Labute approximate surface area is 152 Å². The Hall–Kier alpha value is -1.54. The third-order valence-corrected chi connectivity index (χ3v) is 6.93. The summed E-state index contributed by atoms with van der Waals surface area (Å²) < 4.78 is 27.1. The number of rotatable bonds is 3. The molecule has 1 saturated heterocycles. The fraction of sp³-hybridized carbons (Fsp3) is 0.412. The summed E-state index contributed by atoms with van der Waals surface area (Å²) in [5.41, 5.74) is 2.22. The second-order valence-corrected chi connectivity index (χ2v) is 8.80. The lowest BCUT2D eigenvalue weighted by Gasteiger charge is -2.18. The van der Waals surface area contributed by atoms with Crippen molar-refractivity contribution in [2.24, 2.45) is 0 Å². The molecule has 2 aromatic rings. The molecule has 0 saturated carbocycles. The fourth-order valence-corrected chi connectivity index (χ4v) is 4.99. The topological polar surface area (TPSA) is 75.2 Å². The highest BCUT2D eigenvalue weighted by Gasteiger charge is 2.34. The van der Waals surface area contributed by atoms with Crippen LogP contribution in [0.3, 0.4) is 0 Å². The lowest BCUT2D eigenvalue weighted by Crippen LogP contribution is -2.29. The molecule has 0 amide bonds. The molecule has 2 aliphatic heterocycles. The van der Waals surface area contributed by atoms with E-state index in [1.165, 1.54) is 4.31 Å². The Morgan fingerprint density at radius 3 is 2.84 bits per heavy atom. The first-order valence-electron chi connectivity index (χ1n) is 8.35. The van der Waals surface area contributed by atoms with Crippen LogP contribution in [0.5, 0.6) is 0 Å². The van der Waals surface area contributed by atoms with Gasteiger partial charge in [0.15, 0.2) is 0 Å². The van der Waals surface area contributed by atoms with Gasteiger partial charge in [-0.25, -0.2) is 18.4 Å². The van der Waals surface area contributed by atoms with E-state index in [1.54, 1.807) is 24.3 Å². The summed E-state index contributed by atoms with van der Waals surface area (Å²) in [5.74, 6) is 0.803. The van der Waals surface area contributed by atoms with Crippen molar-refractivity contribution < 1.29 is 8.42 Å². The van der Waals surface area contributed by atoms with Crippen LogP contribution in [0.1, 0.15) is 29.4 Å². The van der Waals surface area contributed by atoms with Gasteiger partial charge in [-0.05, 0) is 30.7 Å². The second-order valence-electron chi connectivity index (χ2n) is 6.43. The summed E-state index contributed by atoms with van der Waals surface area (Å²) >= 11 is 5.85. The molecule has 1 unspecified atom stereocenters. The van der Waals surface area contributed by atoms with E-state index >= 15 is 0 Å². The first-order valence-corrected chi connectivity index (χ1v) is 10.2. The lowest BCUT2D eigenvalue weighted by molar-refractivity contribution is 0.470. The molecule has 1 atom stereocenters. The molecule has 3 heterocycles. The van der Waals surface area contributed by atoms with Crippen LogP contribution in [0, 0.1) is 0 Å². The van der Waals surface area contributed by atoms with Crippen molar-refractivity contribution >= 4 is 21.6 Å². The molecule has 132 valence electrons. The van der Waals surface area contributed by atoms with Crippen LogP contribution in [-0.4, -0.2) is 42.3 Å². The molecule has 4 rings (SSSR count). The smallest absolute Gasteiger partial charge is 0.243 e. The lowest BCUT2D eigenvalue weighted by atomic mass is 10.1. The maximum absolute atomic E-state index is 12.8. The molecule has 8 heteroatoms.